The lowest BCUT2D eigenvalue weighted by atomic mass is 9.98. The number of imidazole rings is 1. The highest BCUT2D eigenvalue weighted by Gasteiger charge is 2.20. The van der Waals surface area contributed by atoms with Crippen molar-refractivity contribution in [2.75, 3.05) is 5.73 Å². The molecule has 0 aliphatic carbocycles. The molecule has 0 fully saturated rings. The van der Waals surface area contributed by atoms with E-state index < -0.39 is 5.60 Å². The minimum absolute atomic E-state index is 0.310. The molecule has 1 aromatic heterocycles. The van der Waals surface area contributed by atoms with E-state index in [0.29, 0.717) is 12.1 Å². The zero-order valence-corrected chi connectivity index (χ0v) is 20.5. The van der Waals surface area contributed by atoms with Crippen LogP contribution in [0.3, 0.4) is 0 Å². The molecule has 4 aromatic rings. The Morgan fingerprint density at radius 1 is 1.03 bits per heavy atom. The Morgan fingerprint density at radius 3 is 2.47 bits per heavy atom. The number of fused-ring (bicyclic) bond motifs is 1. The van der Waals surface area contributed by atoms with Crippen molar-refractivity contribution in [1.82, 2.24) is 9.55 Å². The summed E-state index contributed by atoms with van der Waals surface area (Å²) in [5.41, 5.74) is 11.9. The first kappa shape index (κ1) is 23.6. The SMILES string of the molecule is CCCCc1nc2ccc(N)cc2n1Cc1ccc(-c2ccccc2C(=O)OC(C)(C)C)cc1. The molecule has 34 heavy (non-hydrogen) atoms. The quantitative estimate of drug-likeness (QED) is 0.251. The standard InChI is InChI=1S/C29H33N3O2/c1-5-6-11-27-31-25-17-16-22(30)18-26(25)32(27)19-20-12-14-21(15-13-20)23-9-7-8-10-24(23)28(33)34-29(2,3)4/h7-10,12-18H,5-6,11,19,30H2,1-4H3. The van der Waals surface area contributed by atoms with E-state index >= 15 is 0 Å². The van der Waals surface area contributed by atoms with Gasteiger partial charge in [0.15, 0.2) is 0 Å². The second kappa shape index (κ2) is 9.72. The van der Waals surface area contributed by atoms with E-state index in [4.69, 9.17) is 15.5 Å². The van der Waals surface area contributed by atoms with E-state index in [-0.39, 0.29) is 5.97 Å². The zero-order chi connectivity index (χ0) is 24.3. The average molecular weight is 456 g/mol. The first-order chi connectivity index (χ1) is 16.2. The normalized spacial score (nSPS) is 11.6. The Morgan fingerprint density at radius 2 is 1.76 bits per heavy atom. The van der Waals surface area contributed by atoms with Crippen LogP contribution in [-0.4, -0.2) is 21.1 Å². The van der Waals surface area contributed by atoms with Crippen molar-refractivity contribution < 1.29 is 9.53 Å². The summed E-state index contributed by atoms with van der Waals surface area (Å²) in [4.78, 5) is 17.6. The molecule has 4 rings (SSSR count). The number of aryl methyl sites for hydroxylation is 1. The predicted molar refractivity (Wildman–Crippen MR) is 139 cm³/mol. The summed E-state index contributed by atoms with van der Waals surface area (Å²) in [6, 6.07) is 21.9. The highest BCUT2D eigenvalue weighted by atomic mass is 16.6. The number of carbonyl (C=O) groups excluding carboxylic acids is 1. The molecule has 0 amide bonds. The van der Waals surface area contributed by atoms with Gasteiger partial charge in [-0.15, -0.1) is 0 Å². The number of aromatic nitrogens is 2. The predicted octanol–water partition coefficient (Wildman–Crippen LogP) is 6.63. The number of carbonyl (C=O) groups is 1. The smallest absolute Gasteiger partial charge is 0.339 e. The van der Waals surface area contributed by atoms with Crippen molar-refractivity contribution in [1.29, 1.82) is 0 Å². The van der Waals surface area contributed by atoms with Crippen molar-refractivity contribution in [2.45, 2.75) is 59.1 Å². The van der Waals surface area contributed by atoms with E-state index in [1.165, 1.54) is 0 Å². The number of hydrogen-bond donors (Lipinski definition) is 1. The van der Waals surface area contributed by atoms with Gasteiger partial charge in [0.1, 0.15) is 11.4 Å². The summed E-state index contributed by atoms with van der Waals surface area (Å²) in [7, 11) is 0. The number of benzene rings is 3. The summed E-state index contributed by atoms with van der Waals surface area (Å²) in [6.07, 6.45) is 3.16. The summed E-state index contributed by atoms with van der Waals surface area (Å²) in [5.74, 6) is 0.775. The van der Waals surface area contributed by atoms with Crippen molar-refractivity contribution in [2.24, 2.45) is 0 Å². The molecule has 176 valence electrons. The van der Waals surface area contributed by atoms with E-state index in [1.54, 1.807) is 0 Å². The van der Waals surface area contributed by atoms with Gasteiger partial charge in [0.05, 0.1) is 16.6 Å². The molecule has 0 aliphatic rings. The molecule has 0 radical (unpaired) electrons. The monoisotopic (exact) mass is 455 g/mol. The molecule has 0 spiro atoms. The van der Waals surface area contributed by atoms with E-state index in [9.17, 15) is 4.79 Å². The van der Waals surface area contributed by atoms with Gasteiger partial charge < -0.3 is 15.0 Å². The van der Waals surface area contributed by atoms with Crippen LogP contribution in [0.25, 0.3) is 22.2 Å². The van der Waals surface area contributed by atoms with Gasteiger partial charge in [-0.3, -0.25) is 0 Å². The molecular weight excluding hydrogens is 422 g/mol. The lowest BCUT2D eigenvalue weighted by Gasteiger charge is -2.20. The molecule has 0 saturated carbocycles. The second-order valence-electron chi connectivity index (χ2n) is 9.71. The van der Waals surface area contributed by atoms with Crippen LogP contribution in [-0.2, 0) is 17.7 Å². The molecule has 0 unspecified atom stereocenters. The summed E-state index contributed by atoms with van der Waals surface area (Å²) < 4.78 is 7.89. The number of unbranched alkanes of at least 4 members (excludes halogenated alkanes) is 1. The fourth-order valence-corrected chi connectivity index (χ4v) is 4.11. The van der Waals surface area contributed by atoms with E-state index in [1.807, 2.05) is 63.2 Å². The Bertz CT molecular complexity index is 1300. The number of esters is 1. The van der Waals surface area contributed by atoms with Gasteiger partial charge in [0, 0.05) is 18.7 Å². The number of nitrogens with two attached hydrogens (primary N) is 1. The van der Waals surface area contributed by atoms with Crippen LogP contribution in [0.2, 0.25) is 0 Å². The number of nitrogens with zero attached hydrogens (tertiary/aromatic N) is 2. The molecule has 1 heterocycles. The van der Waals surface area contributed by atoms with E-state index in [0.717, 1.165) is 58.5 Å². The maximum absolute atomic E-state index is 12.8. The molecule has 0 bridgehead atoms. The number of nitrogen functional groups attached to an aromatic ring is 1. The number of hydrogen-bond acceptors (Lipinski definition) is 4. The third kappa shape index (κ3) is 5.30. The molecule has 0 saturated heterocycles. The summed E-state index contributed by atoms with van der Waals surface area (Å²) in [6.45, 7) is 8.55. The first-order valence-electron chi connectivity index (χ1n) is 11.9. The number of anilines is 1. The van der Waals surface area contributed by atoms with Crippen molar-refractivity contribution >= 4 is 22.7 Å². The minimum atomic E-state index is -0.541. The Kier molecular flexibility index (Phi) is 6.73. The summed E-state index contributed by atoms with van der Waals surface area (Å²) >= 11 is 0. The fourth-order valence-electron chi connectivity index (χ4n) is 4.11. The van der Waals surface area contributed by atoms with Crippen LogP contribution in [0.15, 0.2) is 66.7 Å². The highest BCUT2D eigenvalue weighted by molar-refractivity contribution is 5.97. The molecule has 3 aromatic carbocycles. The van der Waals surface area contributed by atoms with Crippen LogP contribution >= 0.6 is 0 Å². The Balaban J connectivity index is 1.64. The Hall–Kier alpha value is -3.60. The third-order valence-corrected chi connectivity index (χ3v) is 5.76. The maximum atomic E-state index is 12.8. The van der Waals surface area contributed by atoms with Gasteiger partial charge in [0.25, 0.3) is 0 Å². The molecule has 0 atom stereocenters. The van der Waals surface area contributed by atoms with Crippen LogP contribution in [0.4, 0.5) is 5.69 Å². The number of rotatable bonds is 7. The highest BCUT2D eigenvalue weighted by Crippen LogP contribution is 2.27. The minimum Gasteiger partial charge on any atom is -0.456 e. The lowest BCUT2D eigenvalue weighted by Crippen LogP contribution is -2.24. The van der Waals surface area contributed by atoms with Gasteiger partial charge in [-0.2, -0.15) is 0 Å². The van der Waals surface area contributed by atoms with Crippen LogP contribution < -0.4 is 5.73 Å². The molecule has 0 aliphatic heterocycles. The third-order valence-electron chi connectivity index (χ3n) is 5.76. The van der Waals surface area contributed by atoms with Crippen LogP contribution in [0.5, 0.6) is 0 Å². The van der Waals surface area contributed by atoms with Gasteiger partial charge in [-0.1, -0.05) is 55.8 Å². The lowest BCUT2D eigenvalue weighted by molar-refractivity contribution is 0.00704. The van der Waals surface area contributed by atoms with E-state index in [2.05, 4.69) is 35.8 Å². The van der Waals surface area contributed by atoms with Gasteiger partial charge >= 0.3 is 5.97 Å². The van der Waals surface area contributed by atoms with Crippen LogP contribution in [0.1, 0.15) is 62.3 Å². The number of ether oxygens (including phenoxy) is 1. The molecule has 5 heteroatoms. The van der Waals surface area contributed by atoms with Crippen molar-refractivity contribution in [3.05, 3.63) is 83.7 Å². The second-order valence-corrected chi connectivity index (χ2v) is 9.71. The van der Waals surface area contributed by atoms with Crippen molar-refractivity contribution in [3.8, 4) is 11.1 Å². The average Bonchev–Trinajstić information content (AvgIpc) is 3.13. The molecule has 5 nitrogen and oxygen atoms in total. The first-order valence-corrected chi connectivity index (χ1v) is 11.9. The largest absolute Gasteiger partial charge is 0.456 e. The summed E-state index contributed by atoms with van der Waals surface area (Å²) in [5, 5.41) is 0. The molecule has 2 N–H and O–H groups in total. The fraction of sp³-hybridized carbons (Fsp3) is 0.310. The van der Waals surface area contributed by atoms with Gasteiger partial charge in [-0.25, -0.2) is 9.78 Å². The van der Waals surface area contributed by atoms with Crippen molar-refractivity contribution in [3.63, 3.8) is 0 Å². The topological polar surface area (TPSA) is 70.1 Å². The molecular formula is C29H33N3O2. The van der Waals surface area contributed by atoms with Gasteiger partial charge in [0.2, 0.25) is 0 Å². The van der Waals surface area contributed by atoms with Gasteiger partial charge in [-0.05, 0) is 68.1 Å². The maximum Gasteiger partial charge on any atom is 0.339 e. The zero-order valence-electron chi connectivity index (χ0n) is 20.5. The van der Waals surface area contributed by atoms with Crippen LogP contribution in [0, 0.1) is 0 Å². The Labute approximate surface area is 201 Å².